The zero-order valence-electron chi connectivity index (χ0n) is 8.09. The largest absolute Gasteiger partial charge is 0.378 e. The van der Waals surface area contributed by atoms with Crippen molar-refractivity contribution < 1.29 is 4.74 Å². The lowest BCUT2D eigenvalue weighted by molar-refractivity contribution is 0.0813. The SMILES string of the molecule is CC(C)OCCc1ccccc1Br. The summed E-state index contributed by atoms with van der Waals surface area (Å²) in [5.74, 6) is 0. The van der Waals surface area contributed by atoms with Crippen molar-refractivity contribution in [2.75, 3.05) is 6.61 Å². The van der Waals surface area contributed by atoms with Gasteiger partial charge in [-0.3, -0.25) is 0 Å². The van der Waals surface area contributed by atoms with Gasteiger partial charge in [-0.1, -0.05) is 34.1 Å². The predicted molar refractivity (Wildman–Crippen MR) is 58.9 cm³/mol. The molecule has 13 heavy (non-hydrogen) atoms. The van der Waals surface area contributed by atoms with Gasteiger partial charge in [0.15, 0.2) is 0 Å². The molecule has 0 unspecified atom stereocenters. The average molecular weight is 243 g/mol. The monoisotopic (exact) mass is 242 g/mol. The van der Waals surface area contributed by atoms with Crippen LogP contribution in [0.25, 0.3) is 0 Å². The molecule has 0 saturated heterocycles. The van der Waals surface area contributed by atoms with Gasteiger partial charge in [0.2, 0.25) is 0 Å². The zero-order valence-corrected chi connectivity index (χ0v) is 9.67. The molecule has 0 amide bonds. The Labute approximate surface area is 88.2 Å². The van der Waals surface area contributed by atoms with E-state index in [0.29, 0.717) is 6.10 Å². The third kappa shape index (κ3) is 3.92. The molecule has 1 rings (SSSR count). The summed E-state index contributed by atoms with van der Waals surface area (Å²) in [4.78, 5) is 0. The van der Waals surface area contributed by atoms with Gasteiger partial charge in [-0.25, -0.2) is 0 Å². The summed E-state index contributed by atoms with van der Waals surface area (Å²) in [6.07, 6.45) is 1.29. The maximum absolute atomic E-state index is 5.48. The minimum Gasteiger partial charge on any atom is -0.378 e. The van der Waals surface area contributed by atoms with Crippen LogP contribution in [-0.4, -0.2) is 12.7 Å². The van der Waals surface area contributed by atoms with E-state index < -0.39 is 0 Å². The number of ether oxygens (including phenoxy) is 1. The second kappa shape index (κ2) is 5.40. The van der Waals surface area contributed by atoms with E-state index in [1.165, 1.54) is 10.0 Å². The number of hydrogen-bond acceptors (Lipinski definition) is 1. The highest BCUT2D eigenvalue weighted by Gasteiger charge is 1.98. The van der Waals surface area contributed by atoms with Crippen LogP contribution in [0.15, 0.2) is 28.7 Å². The normalized spacial score (nSPS) is 10.8. The highest BCUT2D eigenvalue weighted by atomic mass is 79.9. The molecule has 0 aromatic heterocycles. The molecule has 0 spiro atoms. The van der Waals surface area contributed by atoms with Crippen molar-refractivity contribution in [3.05, 3.63) is 34.3 Å². The average Bonchev–Trinajstić information content (AvgIpc) is 2.08. The van der Waals surface area contributed by atoms with Gasteiger partial charge in [0.25, 0.3) is 0 Å². The van der Waals surface area contributed by atoms with Crippen LogP contribution in [0.1, 0.15) is 19.4 Å². The number of halogens is 1. The van der Waals surface area contributed by atoms with Crippen molar-refractivity contribution in [3.63, 3.8) is 0 Å². The minimum atomic E-state index is 0.322. The highest BCUT2D eigenvalue weighted by Crippen LogP contribution is 2.16. The topological polar surface area (TPSA) is 9.23 Å². The third-order valence-electron chi connectivity index (χ3n) is 1.78. The Balaban J connectivity index is 2.41. The fourth-order valence-corrected chi connectivity index (χ4v) is 1.59. The molecule has 1 nitrogen and oxygen atoms in total. The molecule has 0 saturated carbocycles. The number of rotatable bonds is 4. The Morgan fingerprint density at radius 1 is 1.31 bits per heavy atom. The van der Waals surface area contributed by atoms with Gasteiger partial charge in [-0.2, -0.15) is 0 Å². The Morgan fingerprint density at radius 2 is 2.00 bits per heavy atom. The van der Waals surface area contributed by atoms with Crippen LogP contribution < -0.4 is 0 Å². The molecule has 72 valence electrons. The van der Waals surface area contributed by atoms with Gasteiger partial charge in [-0.15, -0.1) is 0 Å². The second-order valence-electron chi connectivity index (χ2n) is 3.26. The molecule has 0 heterocycles. The molecular weight excluding hydrogens is 228 g/mol. The standard InChI is InChI=1S/C11H15BrO/c1-9(2)13-8-7-10-5-3-4-6-11(10)12/h3-6,9H,7-8H2,1-2H3. The summed E-state index contributed by atoms with van der Waals surface area (Å²) >= 11 is 3.51. The van der Waals surface area contributed by atoms with Gasteiger partial charge < -0.3 is 4.74 Å². The molecule has 0 aliphatic rings. The first-order valence-electron chi connectivity index (χ1n) is 4.55. The molecule has 1 aromatic carbocycles. The fraction of sp³-hybridized carbons (Fsp3) is 0.455. The van der Waals surface area contributed by atoms with Crippen LogP contribution in [0, 0.1) is 0 Å². The van der Waals surface area contributed by atoms with E-state index in [9.17, 15) is 0 Å². The van der Waals surface area contributed by atoms with E-state index in [1.807, 2.05) is 6.07 Å². The molecule has 0 N–H and O–H groups in total. The van der Waals surface area contributed by atoms with Crippen molar-refractivity contribution in [2.24, 2.45) is 0 Å². The molecule has 0 aliphatic carbocycles. The first kappa shape index (κ1) is 10.7. The minimum absolute atomic E-state index is 0.322. The first-order chi connectivity index (χ1) is 6.20. The first-order valence-corrected chi connectivity index (χ1v) is 5.34. The second-order valence-corrected chi connectivity index (χ2v) is 4.12. The molecular formula is C11H15BrO. The van der Waals surface area contributed by atoms with E-state index in [2.05, 4.69) is 48.0 Å². The molecule has 0 aliphatic heterocycles. The van der Waals surface area contributed by atoms with Gasteiger partial charge >= 0.3 is 0 Å². The maximum Gasteiger partial charge on any atom is 0.0519 e. The molecule has 0 atom stereocenters. The summed E-state index contributed by atoms with van der Waals surface area (Å²) in [5.41, 5.74) is 1.31. The Morgan fingerprint density at radius 3 is 2.62 bits per heavy atom. The van der Waals surface area contributed by atoms with Gasteiger partial charge in [0.05, 0.1) is 12.7 Å². The lowest BCUT2D eigenvalue weighted by Gasteiger charge is -2.08. The van der Waals surface area contributed by atoms with Gasteiger partial charge in [-0.05, 0) is 31.9 Å². The van der Waals surface area contributed by atoms with E-state index in [1.54, 1.807) is 0 Å². The Bertz CT molecular complexity index is 258. The summed E-state index contributed by atoms with van der Waals surface area (Å²) in [6, 6.07) is 8.25. The van der Waals surface area contributed by atoms with Crippen LogP contribution in [-0.2, 0) is 11.2 Å². The number of hydrogen-bond donors (Lipinski definition) is 0. The van der Waals surface area contributed by atoms with Gasteiger partial charge in [0, 0.05) is 4.47 Å². The molecule has 1 aromatic rings. The summed E-state index contributed by atoms with van der Waals surface area (Å²) in [5, 5.41) is 0. The summed E-state index contributed by atoms with van der Waals surface area (Å²) in [6.45, 7) is 4.90. The van der Waals surface area contributed by atoms with Crippen LogP contribution in [0.4, 0.5) is 0 Å². The third-order valence-corrected chi connectivity index (χ3v) is 2.55. The maximum atomic E-state index is 5.48. The lowest BCUT2D eigenvalue weighted by atomic mass is 10.2. The molecule has 0 fully saturated rings. The lowest BCUT2D eigenvalue weighted by Crippen LogP contribution is -2.06. The predicted octanol–water partition coefficient (Wildman–Crippen LogP) is 3.42. The van der Waals surface area contributed by atoms with Crippen LogP contribution in [0.3, 0.4) is 0 Å². The van der Waals surface area contributed by atoms with E-state index in [0.717, 1.165) is 13.0 Å². The van der Waals surface area contributed by atoms with Crippen molar-refractivity contribution in [3.8, 4) is 0 Å². The molecule has 0 radical (unpaired) electrons. The van der Waals surface area contributed by atoms with Crippen LogP contribution >= 0.6 is 15.9 Å². The van der Waals surface area contributed by atoms with E-state index >= 15 is 0 Å². The summed E-state index contributed by atoms with van der Waals surface area (Å²) in [7, 11) is 0. The highest BCUT2D eigenvalue weighted by molar-refractivity contribution is 9.10. The summed E-state index contributed by atoms with van der Waals surface area (Å²) < 4.78 is 6.65. The van der Waals surface area contributed by atoms with Crippen molar-refractivity contribution in [2.45, 2.75) is 26.4 Å². The molecule has 2 heteroatoms. The van der Waals surface area contributed by atoms with Crippen molar-refractivity contribution >= 4 is 15.9 Å². The van der Waals surface area contributed by atoms with Crippen LogP contribution in [0.2, 0.25) is 0 Å². The van der Waals surface area contributed by atoms with Crippen molar-refractivity contribution in [1.82, 2.24) is 0 Å². The zero-order chi connectivity index (χ0) is 9.68. The number of benzene rings is 1. The van der Waals surface area contributed by atoms with E-state index in [-0.39, 0.29) is 0 Å². The van der Waals surface area contributed by atoms with Crippen LogP contribution in [0.5, 0.6) is 0 Å². The quantitative estimate of drug-likeness (QED) is 0.787. The Hall–Kier alpha value is -0.340. The smallest absolute Gasteiger partial charge is 0.0519 e. The van der Waals surface area contributed by atoms with Gasteiger partial charge in [0.1, 0.15) is 0 Å². The Kier molecular flexibility index (Phi) is 4.46. The van der Waals surface area contributed by atoms with Crippen molar-refractivity contribution in [1.29, 1.82) is 0 Å². The van der Waals surface area contributed by atoms with E-state index in [4.69, 9.17) is 4.74 Å². The fourth-order valence-electron chi connectivity index (χ4n) is 1.11. The molecule has 0 bridgehead atoms.